The zero-order chi connectivity index (χ0) is 15.4. The SMILES string of the molecule is COC1=C(C#N)C(c2ccccc2)C(C)C(OC(C)C)O1. The van der Waals surface area contributed by atoms with E-state index < -0.39 is 6.29 Å². The van der Waals surface area contributed by atoms with E-state index in [-0.39, 0.29) is 23.9 Å². The van der Waals surface area contributed by atoms with E-state index in [1.54, 1.807) is 0 Å². The molecule has 4 heteroatoms. The zero-order valence-corrected chi connectivity index (χ0v) is 12.9. The van der Waals surface area contributed by atoms with E-state index in [0.29, 0.717) is 5.57 Å². The van der Waals surface area contributed by atoms with E-state index in [1.807, 2.05) is 51.1 Å². The number of hydrogen-bond acceptors (Lipinski definition) is 4. The maximum absolute atomic E-state index is 9.50. The molecule has 0 bridgehead atoms. The lowest BCUT2D eigenvalue weighted by molar-refractivity contribution is -0.201. The molecule has 112 valence electrons. The van der Waals surface area contributed by atoms with Crippen LogP contribution in [0.5, 0.6) is 0 Å². The third-order valence-electron chi connectivity index (χ3n) is 3.58. The number of methoxy groups -OCH3 is 1. The summed E-state index contributed by atoms with van der Waals surface area (Å²) in [6.07, 6.45) is -0.391. The number of nitriles is 1. The maximum atomic E-state index is 9.50. The number of hydrogen-bond donors (Lipinski definition) is 0. The highest BCUT2D eigenvalue weighted by atomic mass is 16.8. The molecule has 4 nitrogen and oxygen atoms in total. The standard InChI is InChI=1S/C17H21NO3/c1-11(2)20-16-12(3)15(13-8-6-5-7-9-13)14(10-18)17(19-4)21-16/h5-9,11-12,15-16H,1-4H3. The van der Waals surface area contributed by atoms with Gasteiger partial charge in [0.25, 0.3) is 5.95 Å². The molecule has 1 aromatic rings. The molecule has 21 heavy (non-hydrogen) atoms. The minimum absolute atomic E-state index is 0.0170. The van der Waals surface area contributed by atoms with Gasteiger partial charge in [0.05, 0.1) is 13.2 Å². The van der Waals surface area contributed by atoms with Crippen molar-refractivity contribution >= 4 is 0 Å². The van der Waals surface area contributed by atoms with Crippen molar-refractivity contribution in [1.82, 2.24) is 0 Å². The fourth-order valence-electron chi connectivity index (χ4n) is 2.65. The molecule has 2 rings (SSSR count). The van der Waals surface area contributed by atoms with Crippen LogP contribution in [0.15, 0.2) is 41.9 Å². The van der Waals surface area contributed by atoms with Crippen LogP contribution in [0.2, 0.25) is 0 Å². The molecule has 0 saturated carbocycles. The van der Waals surface area contributed by atoms with Gasteiger partial charge in [-0.2, -0.15) is 5.26 Å². The summed E-state index contributed by atoms with van der Waals surface area (Å²) in [5.74, 6) is 0.183. The summed E-state index contributed by atoms with van der Waals surface area (Å²) in [4.78, 5) is 0. The second-order valence-corrected chi connectivity index (χ2v) is 5.44. The molecule has 0 amide bonds. The van der Waals surface area contributed by atoms with Crippen molar-refractivity contribution in [2.24, 2.45) is 5.92 Å². The normalized spacial score (nSPS) is 25.4. The molecule has 3 unspecified atom stereocenters. The zero-order valence-electron chi connectivity index (χ0n) is 12.9. The predicted octanol–water partition coefficient (Wildman–Crippen LogP) is 3.57. The minimum atomic E-state index is -0.428. The van der Waals surface area contributed by atoms with Crippen molar-refractivity contribution in [1.29, 1.82) is 5.26 Å². The van der Waals surface area contributed by atoms with Crippen LogP contribution in [-0.2, 0) is 14.2 Å². The molecule has 0 aromatic heterocycles. The summed E-state index contributed by atoms with van der Waals surface area (Å²) in [6, 6.07) is 12.2. The first-order chi connectivity index (χ1) is 10.1. The van der Waals surface area contributed by atoms with Gasteiger partial charge in [-0.1, -0.05) is 37.3 Å². The molecule has 0 fully saturated rings. The van der Waals surface area contributed by atoms with Crippen LogP contribution in [-0.4, -0.2) is 19.5 Å². The lowest BCUT2D eigenvalue weighted by Gasteiger charge is -2.37. The lowest BCUT2D eigenvalue weighted by atomic mass is 9.80. The quantitative estimate of drug-likeness (QED) is 0.849. The molecule has 0 N–H and O–H groups in total. The minimum Gasteiger partial charge on any atom is -0.468 e. The molecule has 3 atom stereocenters. The molecular weight excluding hydrogens is 266 g/mol. The average molecular weight is 287 g/mol. The Morgan fingerprint density at radius 2 is 1.90 bits per heavy atom. The van der Waals surface area contributed by atoms with E-state index in [0.717, 1.165) is 5.56 Å². The van der Waals surface area contributed by atoms with Crippen molar-refractivity contribution in [2.75, 3.05) is 7.11 Å². The Balaban J connectivity index is 2.45. The molecular formula is C17H21NO3. The first-order valence-electron chi connectivity index (χ1n) is 7.13. The van der Waals surface area contributed by atoms with Crippen LogP contribution in [0.25, 0.3) is 0 Å². The van der Waals surface area contributed by atoms with Crippen molar-refractivity contribution < 1.29 is 14.2 Å². The topological polar surface area (TPSA) is 51.5 Å². The highest BCUT2D eigenvalue weighted by Crippen LogP contribution is 2.41. The molecule has 0 saturated heterocycles. The predicted molar refractivity (Wildman–Crippen MR) is 79.1 cm³/mol. The smallest absolute Gasteiger partial charge is 0.296 e. The Kier molecular flexibility index (Phi) is 4.87. The molecule has 1 aliphatic heterocycles. The van der Waals surface area contributed by atoms with Gasteiger partial charge in [0.2, 0.25) is 6.29 Å². The third kappa shape index (κ3) is 3.20. The van der Waals surface area contributed by atoms with Crippen LogP contribution >= 0.6 is 0 Å². The van der Waals surface area contributed by atoms with Crippen LogP contribution in [0.1, 0.15) is 32.3 Å². The molecule has 1 heterocycles. The van der Waals surface area contributed by atoms with Gasteiger partial charge in [0.15, 0.2) is 0 Å². The van der Waals surface area contributed by atoms with Crippen LogP contribution in [0.4, 0.5) is 0 Å². The van der Waals surface area contributed by atoms with Gasteiger partial charge in [-0.05, 0) is 19.4 Å². The Morgan fingerprint density at radius 1 is 1.24 bits per heavy atom. The van der Waals surface area contributed by atoms with Gasteiger partial charge >= 0.3 is 0 Å². The first kappa shape index (κ1) is 15.4. The Hall–Kier alpha value is -1.99. The number of nitrogens with zero attached hydrogens (tertiary/aromatic N) is 1. The fourth-order valence-corrected chi connectivity index (χ4v) is 2.65. The second-order valence-electron chi connectivity index (χ2n) is 5.44. The van der Waals surface area contributed by atoms with Crippen molar-refractivity contribution in [3.63, 3.8) is 0 Å². The lowest BCUT2D eigenvalue weighted by Crippen LogP contribution is -2.37. The van der Waals surface area contributed by atoms with Gasteiger partial charge in [-0.25, -0.2) is 0 Å². The van der Waals surface area contributed by atoms with Crippen LogP contribution < -0.4 is 0 Å². The molecule has 0 radical (unpaired) electrons. The summed E-state index contributed by atoms with van der Waals surface area (Å²) < 4.78 is 16.8. The highest BCUT2D eigenvalue weighted by Gasteiger charge is 2.40. The average Bonchev–Trinajstić information content (AvgIpc) is 2.49. The van der Waals surface area contributed by atoms with E-state index in [4.69, 9.17) is 14.2 Å². The Morgan fingerprint density at radius 3 is 2.43 bits per heavy atom. The van der Waals surface area contributed by atoms with Crippen LogP contribution in [0, 0.1) is 17.2 Å². The van der Waals surface area contributed by atoms with E-state index >= 15 is 0 Å². The molecule has 1 aliphatic rings. The summed E-state index contributed by atoms with van der Waals surface area (Å²) in [5.41, 5.74) is 1.58. The number of benzene rings is 1. The molecule has 1 aromatic carbocycles. The van der Waals surface area contributed by atoms with E-state index in [9.17, 15) is 5.26 Å². The summed E-state index contributed by atoms with van der Waals surface area (Å²) >= 11 is 0. The monoisotopic (exact) mass is 287 g/mol. The van der Waals surface area contributed by atoms with Gasteiger partial charge < -0.3 is 14.2 Å². The van der Waals surface area contributed by atoms with E-state index in [1.165, 1.54) is 7.11 Å². The van der Waals surface area contributed by atoms with Gasteiger partial charge in [-0.3, -0.25) is 0 Å². The Labute approximate surface area is 125 Å². The second kappa shape index (κ2) is 6.64. The molecule has 0 aliphatic carbocycles. The maximum Gasteiger partial charge on any atom is 0.296 e. The first-order valence-corrected chi connectivity index (χ1v) is 7.13. The largest absolute Gasteiger partial charge is 0.468 e. The van der Waals surface area contributed by atoms with Crippen molar-refractivity contribution in [3.8, 4) is 6.07 Å². The number of allylic oxidation sites excluding steroid dienone is 1. The van der Waals surface area contributed by atoms with E-state index in [2.05, 4.69) is 6.07 Å². The fraction of sp³-hybridized carbons (Fsp3) is 0.471. The van der Waals surface area contributed by atoms with Crippen LogP contribution in [0.3, 0.4) is 0 Å². The van der Waals surface area contributed by atoms with Gasteiger partial charge in [0.1, 0.15) is 11.6 Å². The highest BCUT2D eigenvalue weighted by molar-refractivity contribution is 5.39. The van der Waals surface area contributed by atoms with Gasteiger partial charge in [-0.15, -0.1) is 0 Å². The van der Waals surface area contributed by atoms with Gasteiger partial charge in [0, 0.05) is 11.8 Å². The summed E-state index contributed by atoms with van der Waals surface area (Å²) in [7, 11) is 1.51. The Bertz CT molecular complexity index is 545. The summed E-state index contributed by atoms with van der Waals surface area (Å²) in [6.45, 7) is 5.96. The number of rotatable bonds is 4. The molecule has 0 spiro atoms. The van der Waals surface area contributed by atoms with Crippen molar-refractivity contribution in [3.05, 3.63) is 47.4 Å². The van der Waals surface area contributed by atoms with Crippen molar-refractivity contribution in [2.45, 2.75) is 39.1 Å². The number of ether oxygens (including phenoxy) is 3. The summed E-state index contributed by atoms with van der Waals surface area (Å²) in [5, 5.41) is 9.50. The third-order valence-corrected chi connectivity index (χ3v) is 3.58.